The molecule has 1 saturated heterocycles. The Balaban J connectivity index is 1.78. The smallest absolute Gasteiger partial charge is 0.186 e. The normalized spacial score (nSPS) is 24.2. The van der Waals surface area contributed by atoms with Gasteiger partial charge in [0, 0.05) is 0 Å². The van der Waals surface area contributed by atoms with Crippen LogP contribution in [0.3, 0.4) is 0 Å². The van der Waals surface area contributed by atoms with E-state index >= 15 is 0 Å². The molecule has 1 aliphatic heterocycles. The maximum atomic E-state index is 10.2. The van der Waals surface area contributed by atoms with Crippen LogP contribution in [0.15, 0.2) is 0 Å². The highest BCUT2D eigenvalue weighted by atomic mass is 16.7. The summed E-state index contributed by atoms with van der Waals surface area (Å²) in [7, 11) is 0. The van der Waals surface area contributed by atoms with Gasteiger partial charge in [-0.25, -0.2) is 0 Å². The number of aliphatic hydroxyl groups is 6. The van der Waals surface area contributed by atoms with Crippen LogP contribution in [0, 0.1) is 0 Å². The van der Waals surface area contributed by atoms with Gasteiger partial charge in [-0.15, -0.1) is 0 Å². The van der Waals surface area contributed by atoms with Crippen molar-refractivity contribution in [3.63, 3.8) is 0 Å². The average Bonchev–Trinajstić information content (AvgIpc) is 2.97. The maximum Gasteiger partial charge on any atom is 0.186 e. The zero-order valence-corrected chi connectivity index (χ0v) is 26.9. The van der Waals surface area contributed by atoms with Crippen LogP contribution in [0.2, 0.25) is 0 Å². The molecule has 1 rings (SSSR count). The van der Waals surface area contributed by atoms with E-state index in [2.05, 4.69) is 0 Å². The van der Waals surface area contributed by atoms with Crippen LogP contribution in [0.4, 0.5) is 0 Å². The van der Waals surface area contributed by atoms with Crippen molar-refractivity contribution in [2.24, 2.45) is 0 Å². The van der Waals surface area contributed by atoms with E-state index in [9.17, 15) is 30.6 Å². The van der Waals surface area contributed by atoms with Gasteiger partial charge in [-0.3, -0.25) is 0 Å². The highest BCUT2D eigenvalue weighted by Gasteiger charge is 2.43. The molecule has 8 heteroatoms. The van der Waals surface area contributed by atoms with Crippen molar-refractivity contribution in [3.8, 4) is 0 Å². The van der Waals surface area contributed by atoms with E-state index in [0.29, 0.717) is 12.8 Å². The van der Waals surface area contributed by atoms with E-state index in [1.54, 1.807) is 0 Å². The molecule has 1 aliphatic rings. The molecular weight excluding hydrogens is 536 g/mol. The minimum absolute atomic E-state index is 0.131. The van der Waals surface area contributed by atoms with Gasteiger partial charge in [-0.2, -0.15) is 0 Å². The minimum Gasteiger partial charge on any atom is -0.394 e. The molecular formula is C34H68O8. The van der Waals surface area contributed by atoms with Crippen molar-refractivity contribution in [1.82, 2.24) is 0 Å². The summed E-state index contributed by atoms with van der Waals surface area (Å²) in [5, 5.41) is 58.3. The fourth-order valence-corrected chi connectivity index (χ4v) is 5.85. The van der Waals surface area contributed by atoms with Crippen LogP contribution < -0.4 is 0 Å². The molecule has 2 unspecified atom stereocenters. The molecule has 1 fully saturated rings. The Morgan fingerprint density at radius 2 is 0.905 bits per heavy atom. The third-order valence-corrected chi connectivity index (χ3v) is 8.74. The van der Waals surface area contributed by atoms with Crippen molar-refractivity contribution in [2.45, 2.75) is 204 Å². The Kier molecular flexibility index (Phi) is 25.6. The summed E-state index contributed by atoms with van der Waals surface area (Å²) >= 11 is 0. The first-order chi connectivity index (χ1) is 20.4. The predicted octanol–water partition coefficient (Wildman–Crippen LogP) is 5.91. The van der Waals surface area contributed by atoms with E-state index in [0.717, 1.165) is 19.3 Å². The number of unbranched alkanes of at least 4 members (excludes halogenated alkanes) is 20. The summed E-state index contributed by atoms with van der Waals surface area (Å²) in [5.74, 6) is 0. The summed E-state index contributed by atoms with van der Waals surface area (Å²) in [4.78, 5) is 0. The van der Waals surface area contributed by atoms with E-state index in [1.807, 2.05) is 6.92 Å². The monoisotopic (exact) mass is 604 g/mol. The summed E-state index contributed by atoms with van der Waals surface area (Å²) in [6.45, 7) is 1.56. The van der Waals surface area contributed by atoms with Gasteiger partial charge in [0.15, 0.2) is 6.29 Å². The van der Waals surface area contributed by atoms with Gasteiger partial charge in [0.1, 0.15) is 24.4 Å². The molecule has 0 radical (unpaired) electrons. The molecule has 6 N–H and O–H groups in total. The van der Waals surface area contributed by atoms with Crippen LogP contribution in [0.25, 0.3) is 0 Å². The van der Waals surface area contributed by atoms with Crippen LogP contribution in [0.1, 0.15) is 161 Å². The molecule has 7 atom stereocenters. The lowest BCUT2D eigenvalue weighted by Gasteiger charge is -2.39. The highest BCUT2D eigenvalue weighted by molar-refractivity contribution is 4.88. The molecule has 0 aromatic rings. The maximum absolute atomic E-state index is 10.2. The average molecular weight is 605 g/mol. The Bertz CT molecular complexity index is 576. The summed E-state index contributed by atoms with van der Waals surface area (Å²) in [6.07, 6.45) is 22.7. The number of aliphatic hydroxyl groups excluding tert-OH is 6. The molecule has 8 nitrogen and oxygen atoms in total. The number of rotatable bonds is 29. The summed E-state index contributed by atoms with van der Waals surface area (Å²) in [5.41, 5.74) is 0. The Labute approximate surface area is 257 Å². The first kappa shape index (κ1) is 39.7. The van der Waals surface area contributed by atoms with Crippen molar-refractivity contribution >= 4 is 0 Å². The Hall–Kier alpha value is -0.320. The van der Waals surface area contributed by atoms with Gasteiger partial charge in [0.2, 0.25) is 0 Å². The zero-order valence-electron chi connectivity index (χ0n) is 26.9. The second-order valence-corrected chi connectivity index (χ2v) is 12.9. The molecule has 1 heterocycles. The number of ether oxygens (including phenoxy) is 2. The van der Waals surface area contributed by atoms with Gasteiger partial charge < -0.3 is 40.1 Å². The topological polar surface area (TPSA) is 140 Å². The van der Waals surface area contributed by atoms with Gasteiger partial charge in [-0.05, 0) is 26.2 Å². The first-order valence-electron chi connectivity index (χ1n) is 17.6. The van der Waals surface area contributed by atoms with Crippen molar-refractivity contribution in [2.75, 3.05) is 13.2 Å². The third kappa shape index (κ3) is 20.6. The minimum atomic E-state index is -1.44. The molecule has 0 saturated carbocycles. The second-order valence-electron chi connectivity index (χ2n) is 12.9. The SMILES string of the molecule is CC(O)CCCCCCCCCCCCCCCCCCCCCCCC(O)CCO[C@H]1O[C@H](CO)[C@@H](O)[C@H](O)[C@H]1O. The zero-order chi connectivity index (χ0) is 30.8. The fraction of sp³-hybridized carbons (Fsp3) is 1.00. The second kappa shape index (κ2) is 27.0. The third-order valence-electron chi connectivity index (χ3n) is 8.74. The summed E-state index contributed by atoms with van der Waals surface area (Å²) in [6, 6.07) is 0. The van der Waals surface area contributed by atoms with E-state index in [4.69, 9.17) is 9.47 Å². The molecule has 252 valence electrons. The first-order valence-corrected chi connectivity index (χ1v) is 17.6. The van der Waals surface area contributed by atoms with Gasteiger partial charge in [0.05, 0.1) is 25.4 Å². The summed E-state index contributed by atoms with van der Waals surface area (Å²) < 4.78 is 10.8. The molecule has 42 heavy (non-hydrogen) atoms. The number of hydrogen-bond acceptors (Lipinski definition) is 8. The van der Waals surface area contributed by atoms with Gasteiger partial charge in [-0.1, -0.05) is 135 Å². The molecule has 0 aromatic heterocycles. The lowest BCUT2D eigenvalue weighted by molar-refractivity contribution is -0.301. The lowest BCUT2D eigenvalue weighted by atomic mass is 9.99. The van der Waals surface area contributed by atoms with Crippen LogP contribution in [0.5, 0.6) is 0 Å². The van der Waals surface area contributed by atoms with Gasteiger partial charge >= 0.3 is 0 Å². The van der Waals surface area contributed by atoms with Crippen molar-refractivity contribution in [3.05, 3.63) is 0 Å². The van der Waals surface area contributed by atoms with E-state index < -0.39 is 43.4 Å². The predicted molar refractivity (Wildman–Crippen MR) is 168 cm³/mol. The quantitative estimate of drug-likeness (QED) is 0.0580. The highest BCUT2D eigenvalue weighted by Crippen LogP contribution is 2.22. The van der Waals surface area contributed by atoms with Crippen molar-refractivity contribution in [1.29, 1.82) is 0 Å². The van der Waals surface area contributed by atoms with E-state index in [-0.39, 0.29) is 12.7 Å². The molecule has 0 amide bonds. The van der Waals surface area contributed by atoms with Gasteiger partial charge in [0.25, 0.3) is 0 Å². The van der Waals surface area contributed by atoms with Crippen LogP contribution in [-0.4, -0.2) is 86.8 Å². The van der Waals surface area contributed by atoms with Crippen LogP contribution in [-0.2, 0) is 9.47 Å². The molecule has 0 aliphatic carbocycles. The largest absolute Gasteiger partial charge is 0.394 e. The molecule has 0 aromatic carbocycles. The standard InChI is InChI=1S/C34H68O8/c1-28(36)23-21-19-17-15-13-11-9-7-5-3-2-4-6-8-10-12-14-16-18-20-22-24-29(37)25-26-41-34-33(40)32(39)31(38)30(27-35)42-34/h28-40H,2-27H2,1H3/t28?,29?,30-,31-,32+,33-,34+/m1/s1. The molecule has 0 bridgehead atoms. The number of hydrogen-bond donors (Lipinski definition) is 6. The Morgan fingerprint density at radius 1 is 0.524 bits per heavy atom. The fourth-order valence-electron chi connectivity index (χ4n) is 5.85. The van der Waals surface area contributed by atoms with Crippen LogP contribution >= 0.6 is 0 Å². The molecule has 0 spiro atoms. The Morgan fingerprint density at radius 3 is 1.29 bits per heavy atom. The van der Waals surface area contributed by atoms with Crippen molar-refractivity contribution < 1.29 is 40.1 Å². The van der Waals surface area contributed by atoms with E-state index in [1.165, 1.54) is 122 Å². The lowest BCUT2D eigenvalue weighted by Crippen LogP contribution is -2.59.